The van der Waals surface area contributed by atoms with Gasteiger partial charge in [0.1, 0.15) is 11.6 Å². The molecule has 1 amide bonds. The average molecular weight is 216 g/mol. The summed E-state index contributed by atoms with van der Waals surface area (Å²) in [6.07, 6.45) is 3.56. The van der Waals surface area contributed by atoms with Gasteiger partial charge in [-0.15, -0.1) is 0 Å². The van der Waals surface area contributed by atoms with Gasteiger partial charge < -0.3 is 4.90 Å². The third-order valence-electron chi connectivity index (χ3n) is 2.69. The number of hydrogen-bond donors (Lipinski definition) is 0. The summed E-state index contributed by atoms with van der Waals surface area (Å²) in [6, 6.07) is 5.11. The minimum atomic E-state index is -0.590. The molecule has 2 rings (SSSR count). The molecule has 0 N–H and O–H groups in total. The minimum absolute atomic E-state index is 0.175. The first-order valence-electron chi connectivity index (χ1n) is 5.12. The van der Waals surface area contributed by atoms with Gasteiger partial charge in [0, 0.05) is 12.7 Å². The molecule has 0 aromatic carbocycles. The molecule has 0 bridgehead atoms. The van der Waals surface area contributed by atoms with Crippen molar-refractivity contribution in [1.29, 1.82) is 0 Å². The molecule has 1 atom stereocenters. The number of pyridine rings is 1. The molecule has 1 saturated heterocycles. The van der Waals surface area contributed by atoms with Crippen LogP contribution in [0.1, 0.15) is 16.9 Å². The highest BCUT2D eigenvalue weighted by atomic mass is 16.2. The molecule has 0 spiro atoms. The highest BCUT2D eigenvalue weighted by Gasteiger charge is 2.36. The summed E-state index contributed by atoms with van der Waals surface area (Å²) in [5.41, 5.74) is 0.353. The topological polar surface area (TPSA) is 50.3 Å². The normalized spacial score (nSPS) is 19.9. The number of amides is 1. The number of likely N-dealkylation sites (tertiary alicyclic amines) is 1. The summed E-state index contributed by atoms with van der Waals surface area (Å²) in [4.78, 5) is 29.2. The Kier molecular flexibility index (Phi) is 2.81. The second kappa shape index (κ2) is 4.26. The fourth-order valence-corrected chi connectivity index (χ4v) is 1.81. The van der Waals surface area contributed by atoms with Crippen molar-refractivity contribution in [1.82, 2.24) is 9.88 Å². The molecule has 16 heavy (non-hydrogen) atoms. The van der Waals surface area contributed by atoms with Gasteiger partial charge in [0.05, 0.1) is 0 Å². The molecule has 0 radical (unpaired) electrons. The van der Waals surface area contributed by atoms with Crippen molar-refractivity contribution >= 4 is 11.7 Å². The molecule has 1 fully saturated rings. The van der Waals surface area contributed by atoms with Crippen molar-refractivity contribution in [2.24, 2.45) is 5.92 Å². The zero-order valence-electron chi connectivity index (χ0n) is 8.80. The van der Waals surface area contributed by atoms with Gasteiger partial charge in [-0.05, 0) is 24.8 Å². The Morgan fingerprint density at radius 2 is 2.38 bits per heavy atom. The minimum Gasteiger partial charge on any atom is -0.319 e. The summed E-state index contributed by atoms with van der Waals surface area (Å²) in [7, 11) is 0. The van der Waals surface area contributed by atoms with E-state index in [1.54, 1.807) is 24.4 Å². The van der Waals surface area contributed by atoms with E-state index in [2.05, 4.69) is 11.6 Å². The molecule has 1 aromatic rings. The van der Waals surface area contributed by atoms with Crippen LogP contribution in [0.3, 0.4) is 0 Å². The first-order chi connectivity index (χ1) is 7.74. The molecule has 0 aliphatic carbocycles. The molecule has 1 aliphatic heterocycles. The summed E-state index contributed by atoms with van der Waals surface area (Å²) >= 11 is 0. The summed E-state index contributed by atoms with van der Waals surface area (Å²) < 4.78 is 0. The maximum Gasteiger partial charge on any atom is 0.237 e. The van der Waals surface area contributed by atoms with Gasteiger partial charge in [-0.1, -0.05) is 12.6 Å². The lowest BCUT2D eigenvalue weighted by Gasteiger charge is -2.09. The lowest BCUT2D eigenvalue weighted by atomic mass is 10.00. The third kappa shape index (κ3) is 1.74. The fraction of sp³-hybridized carbons (Fsp3) is 0.250. The maximum atomic E-state index is 12.0. The highest BCUT2D eigenvalue weighted by molar-refractivity contribution is 6.10. The molecule has 82 valence electrons. The molecular weight excluding hydrogens is 204 g/mol. The average Bonchev–Trinajstić information content (AvgIpc) is 2.70. The number of carbonyl (C=O) groups excluding carboxylic acids is 2. The van der Waals surface area contributed by atoms with Crippen LogP contribution in [-0.4, -0.2) is 28.1 Å². The zero-order valence-corrected chi connectivity index (χ0v) is 8.80. The van der Waals surface area contributed by atoms with E-state index in [1.807, 2.05) is 0 Å². The molecular formula is C12H12N2O2. The fourth-order valence-electron chi connectivity index (χ4n) is 1.81. The van der Waals surface area contributed by atoms with Crippen LogP contribution < -0.4 is 0 Å². The molecule has 4 nitrogen and oxygen atoms in total. The van der Waals surface area contributed by atoms with E-state index < -0.39 is 5.92 Å². The van der Waals surface area contributed by atoms with Crippen LogP contribution in [0.5, 0.6) is 0 Å². The van der Waals surface area contributed by atoms with Crippen LogP contribution in [0, 0.1) is 5.92 Å². The van der Waals surface area contributed by atoms with Crippen LogP contribution in [-0.2, 0) is 4.79 Å². The smallest absolute Gasteiger partial charge is 0.237 e. The predicted octanol–water partition coefficient (Wildman–Crippen LogP) is 1.26. The standard InChI is InChI=1S/C12H12N2O2/c1-2-14-8-6-9(12(14)16)11(15)10-5-3-4-7-13-10/h2-5,7,9H,1,6,8H2/t9-/m1/s1. The van der Waals surface area contributed by atoms with Crippen LogP contribution in [0.2, 0.25) is 0 Å². The van der Waals surface area contributed by atoms with Crippen LogP contribution in [0.15, 0.2) is 37.2 Å². The van der Waals surface area contributed by atoms with Crippen LogP contribution in [0.25, 0.3) is 0 Å². The van der Waals surface area contributed by atoms with Crippen molar-refractivity contribution in [3.8, 4) is 0 Å². The SMILES string of the molecule is C=CN1CC[C@H](C(=O)c2ccccn2)C1=O. The maximum absolute atomic E-state index is 12.0. The lowest BCUT2D eigenvalue weighted by Crippen LogP contribution is -2.26. The van der Waals surface area contributed by atoms with Crippen molar-refractivity contribution in [2.75, 3.05) is 6.54 Å². The second-order valence-corrected chi connectivity index (χ2v) is 3.63. The lowest BCUT2D eigenvalue weighted by molar-refractivity contribution is -0.127. The van der Waals surface area contributed by atoms with E-state index in [9.17, 15) is 9.59 Å². The Morgan fingerprint density at radius 1 is 1.56 bits per heavy atom. The highest BCUT2D eigenvalue weighted by Crippen LogP contribution is 2.21. The number of ketones is 1. The summed E-state index contributed by atoms with van der Waals surface area (Å²) in [5, 5.41) is 0. The van der Waals surface area contributed by atoms with Crippen molar-refractivity contribution in [3.63, 3.8) is 0 Å². The number of hydrogen-bond acceptors (Lipinski definition) is 3. The molecule has 2 heterocycles. The number of nitrogens with zero attached hydrogens (tertiary/aromatic N) is 2. The van der Waals surface area contributed by atoms with E-state index in [0.29, 0.717) is 18.7 Å². The van der Waals surface area contributed by atoms with Crippen molar-refractivity contribution in [3.05, 3.63) is 42.9 Å². The Hall–Kier alpha value is -1.97. The number of rotatable bonds is 3. The van der Waals surface area contributed by atoms with Crippen LogP contribution in [0.4, 0.5) is 0 Å². The van der Waals surface area contributed by atoms with Gasteiger partial charge in [-0.2, -0.15) is 0 Å². The van der Waals surface area contributed by atoms with Crippen LogP contribution >= 0.6 is 0 Å². The monoisotopic (exact) mass is 216 g/mol. The van der Waals surface area contributed by atoms with Crippen molar-refractivity contribution < 1.29 is 9.59 Å². The number of carbonyl (C=O) groups is 2. The summed E-state index contributed by atoms with van der Waals surface area (Å²) in [5.74, 6) is -0.964. The van der Waals surface area contributed by atoms with Gasteiger partial charge in [-0.3, -0.25) is 14.6 Å². The van der Waals surface area contributed by atoms with E-state index in [4.69, 9.17) is 0 Å². The van der Waals surface area contributed by atoms with Gasteiger partial charge in [0.25, 0.3) is 0 Å². The van der Waals surface area contributed by atoms with E-state index in [1.165, 1.54) is 11.1 Å². The van der Waals surface area contributed by atoms with E-state index in [0.717, 1.165) is 0 Å². The molecule has 4 heteroatoms. The van der Waals surface area contributed by atoms with E-state index in [-0.39, 0.29) is 11.7 Å². The van der Waals surface area contributed by atoms with Crippen molar-refractivity contribution in [2.45, 2.75) is 6.42 Å². The van der Waals surface area contributed by atoms with E-state index >= 15 is 0 Å². The molecule has 0 unspecified atom stereocenters. The first-order valence-corrected chi connectivity index (χ1v) is 5.12. The number of aromatic nitrogens is 1. The molecule has 1 aliphatic rings. The van der Waals surface area contributed by atoms with Gasteiger partial charge in [0.15, 0.2) is 5.78 Å². The molecule has 1 aromatic heterocycles. The third-order valence-corrected chi connectivity index (χ3v) is 2.69. The summed E-state index contributed by atoms with van der Waals surface area (Å²) in [6.45, 7) is 4.10. The quantitative estimate of drug-likeness (QED) is 0.564. The van der Waals surface area contributed by atoms with Gasteiger partial charge >= 0.3 is 0 Å². The Balaban J connectivity index is 2.19. The zero-order chi connectivity index (χ0) is 11.5. The van der Waals surface area contributed by atoms with Gasteiger partial charge in [0.2, 0.25) is 5.91 Å². The van der Waals surface area contributed by atoms with Gasteiger partial charge in [-0.25, -0.2) is 0 Å². The Labute approximate surface area is 93.6 Å². The Bertz CT molecular complexity index is 428. The second-order valence-electron chi connectivity index (χ2n) is 3.63. The largest absolute Gasteiger partial charge is 0.319 e. The number of Topliss-reactive ketones (excluding diaryl/α,β-unsaturated/α-hetero) is 1. The predicted molar refractivity (Wildman–Crippen MR) is 58.6 cm³/mol. The Morgan fingerprint density at radius 3 is 2.94 bits per heavy atom. The first kappa shape index (κ1) is 10.5. The molecule has 0 saturated carbocycles.